The largest absolute Gasteiger partial charge is 0.309 e. The Morgan fingerprint density at radius 3 is 2.57 bits per heavy atom. The molecule has 0 radical (unpaired) electrons. The normalized spacial score (nSPS) is 11.3. The molecular formula is C17H20N4S2. The van der Waals surface area contributed by atoms with Crippen molar-refractivity contribution in [2.75, 3.05) is 0 Å². The van der Waals surface area contributed by atoms with Crippen LogP contribution < -0.4 is 0 Å². The van der Waals surface area contributed by atoms with Crippen LogP contribution in [0.3, 0.4) is 0 Å². The van der Waals surface area contributed by atoms with Gasteiger partial charge < -0.3 is 4.57 Å². The van der Waals surface area contributed by atoms with Crippen molar-refractivity contribution in [2.45, 2.75) is 37.6 Å². The van der Waals surface area contributed by atoms with Crippen molar-refractivity contribution in [1.82, 2.24) is 19.7 Å². The molecule has 23 heavy (non-hydrogen) atoms. The van der Waals surface area contributed by atoms with Gasteiger partial charge in [-0.25, -0.2) is 4.98 Å². The summed E-state index contributed by atoms with van der Waals surface area (Å²) in [6.07, 6.45) is 0. The molecule has 0 fully saturated rings. The summed E-state index contributed by atoms with van der Waals surface area (Å²) in [4.78, 5) is 4.74. The van der Waals surface area contributed by atoms with E-state index < -0.39 is 0 Å². The molecule has 4 nitrogen and oxygen atoms in total. The van der Waals surface area contributed by atoms with Crippen LogP contribution >= 0.6 is 23.1 Å². The molecule has 0 atom stereocenters. The van der Waals surface area contributed by atoms with Crippen LogP contribution in [0.1, 0.15) is 36.8 Å². The molecule has 0 saturated heterocycles. The highest BCUT2D eigenvalue weighted by molar-refractivity contribution is 7.98. The zero-order valence-corrected chi connectivity index (χ0v) is 15.4. The van der Waals surface area contributed by atoms with Crippen molar-refractivity contribution < 1.29 is 0 Å². The van der Waals surface area contributed by atoms with Gasteiger partial charge in [-0.3, -0.25) is 0 Å². The Hall–Kier alpha value is -1.66. The molecule has 0 aliphatic heterocycles. The number of hydrogen-bond acceptors (Lipinski definition) is 5. The molecule has 0 saturated carbocycles. The second kappa shape index (κ2) is 6.84. The van der Waals surface area contributed by atoms with Gasteiger partial charge in [0.15, 0.2) is 5.16 Å². The minimum atomic E-state index is 0.384. The van der Waals surface area contributed by atoms with E-state index in [1.165, 1.54) is 11.1 Å². The quantitative estimate of drug-likeness (QED) is 0.631. The lowest BCUT2D eigenvalue weighted by atomic mass is 10.2. The molecule has 2 aromatic heterocycles. The lowest BCUT2D eigenvalue weighted by molar-refractivity contribution is 0.680. The minimum absolute atomic E-state index is 0.384. The molecule has 3 aromatic rings. The monoisotopic (exact) mass is 344 g/mol. The van der Waals surface area contributed by atoms with Gasteiger partial charge in [-0.1, -0.05) is 55.4 Å². The molecule has 1 aromatic carbocycles. The van der Waals surface area contributed by atoms with Gasteiger partial charge in [0.05, 0.1) is 5.69 Å². The van der Waals surface area contributed by atoms with Gasteiger partial charge >= 0.3 is 0 Å². The van der Waals surface area contributed by atoms with Crippen molar-refractivity contribution >= 4 is 23.1 Å². The fraction of sp³-hybridized carbons (Fsp3) is 0.353. The van der Waals surface area contributed by atoms with E-state index in [1.807, 2.05) is 7.05 Å². The van der Waals surface area contributed by atoms with Crippen LogP contribution in [0, 0.1) is 6.92 Å². The van der Waals surface area contributed by atoms with Crippen LogP contribution in [0.5, 0.6) is 0 Å². The third-order valence-corrected chi connectivity index (χ3v) is 5.58. The number of nitrogens with zero attached hydrogens (tertiary/aromatic N) is 4. The van der Waals surface area contributed by atoms with Crippen molar-refractivity contribution in [3.8, 4) is 10.6 Å². The molecule has 3 rings (SSSR count). The molecule has 0 amide bonds. The zero-order chi connectivity index (χ0) is 16.4. The van der Waals surface area contributed by atoms with Crippen LogP contribution in [-0.4, -0.2) is 19.7 Å². The van der Waals surface area contributed by atoms with Crippen LogP contribution in [0.15, 0.2) is 34.8 Å². The molecule has 0 aliphatic carbocycles. The van der Waals surface area contributed by atoms with Crippen molar-refractivity contribution in [2.24, 2.45) is 7.05 Å². The number of aromatic nitrogens is 4. The van der Waals surface area contributed by atoms with Gasteiger partial charge in [0.25, 0.3) is 0 Å². The Balaban J connectivity index is 1.69. The van der Waals surface area contributed by atoms with Gasteiger partial charge in [0.1, 0.15) is 10.8 Å². The van der Waals surface area contributed by atoms with Crippen LogP contribution in [-0.2, 0) is 12.8 Å². The maximum atomic E-state index is 4.74. The second-order valence-electron chi connectivity index (χ2n) is 5.85. The van der Waals surface area contributed by atoms with E-state index in [9.17, 15) is 0 Å². The van der Waals surface area contributed by atoms with Crippen molar-refractivity contribution in [3.63, 3.8) is 0 Å². The van der Waals surface area contributed by atoms with Crippen LogP contribution in [0.25, 0.3) is 10.6 Å². The van der Waals surface area contributed by atoms with Crippen molar-refractivity contribution in [1.29, 1.82) is 0 Å². The fourth-order valence-corrected chi connectivity index (χ4v) is 4.04. The van der Waals surface area contributed by atoms with E-state index in [1.54, 1.807) is 23.1 Å². The third kappa shape index (κ3) is 3.64. The number of rotatable bonds is 5. The lowest BCUT2D eigenvalue weighted by Gasteiger charge is -2.05. The number of thiazole rings is 1. The van der Waals surface area contributed by atoms with E-state index in [0.717, 1.165) is 27.4 Å². The number of thioether (sulfide) groups is 1. The lowest BCUT2D eigenvalue weighted by Crippen LogP contribution is -2.00. The average molecular weight is 345 g/mol. The highest BCUT2D eigenvalue weighted by Crippen LogP contribution is 2.28. The topological polar surface area (TPSA) is 43.6 Å². The first-order valence-corrected chi connectivity index (χ1v) is 9.44. The first-order chi connectivity index (χ1) is 11.0. The summed E-state index contributed by atoms with van der Waals surface area (Å²) >= 11 is 3.37. The summed E-state index contributed by atoms with van der Waals surface area (Å²) in [6, 6.07) is 8.50. The SMILES string of the molecule is Cc1ccc(-c2nc(CSc3nnc(C(C)C)n3C)cs2)cc1. The predicted molar refractivity (Wildman–Crippen MR) is 96.9 cm³/mol. The van der Waals surface area contributed by atoms with Crippen molar-refractivity contribution in [3.05, 3.63) is 46.7 Å². The van der Waals surface area contributed by atoms with Gasteiger partial charge in [-0.2, -0.15) is 0 Å². The Bertz CT molecular complexity index is 787. The standard InChI is InChI=1S/C17H20N4S2/c1-11(2)15-19-20-17(21(15)4)23-10-14-9-22-16(18-14)13-7-5-12(3)6-8-13/h5-9,11H,10H2,1-4H3. The molecule has 2 heterocycles. The van der Waals surface area contributed by atoms with E-state index in [2.05, 4.69) is 65.2 Å². The van der Waals surface area contributed by atoms with E-state index in [4.69, 9.17) is 4.98 Å². The third-order valence-electron chi connectivity index (χ3n) is 3.58. The molecule has 0 spiro atoms. The van der Waals surface area contributed by atoms with E-state index in [-0.39, 0.29) is 0 Å². The van der Waals surface area contributed by atoms with Gasteiger partial charge in [0.2, 0.25) is 0 Å². The fourth-order valence-electron chi connectivity index (χ4n) is 2.30. The second-order valence-corrected chi connectivity index (χ2v) is 7.65. The van der Waals surface area contributed by atoms with Gasteiger partial charge in [0, 0.05) is 29.7 Å². The smallest absolute Gasteiger partial charge is 0.191 e. The molecular weight excluding hydrogens is 324 g/mol. The first kappa shape index (κ1) is 16.2. The molecule has 0 aliphatic rings. The summed E-state index contributed by atoms with van der Waals surface area (Å²) in [7, 11) is 2.02. The number of hydrogen-bond donors (Lipinski definition) is 0. The predicted octanol–water partition coefficient (Wildman–Crippen LogP) is 4.66. The molecule has 120 valence electrons. The Kier molecular flexibility index (Phi) is 4.82. The number of benzene rings is 1. The molecule has 0 bridgehead atoms. The summed E-state index contributed by atoms with van der Waals surface area (Å²) in [5.41, 5.74) is 3.53. The highest BCUT2D eigenvalue weighted by Gasteiger charge is 2.13. The van der Waals surface area contributed by atoms with E-state index in [0.29, 0.717) is 5.92 Å². The molecule has 0 N–H and O–H groups in total. The highest BCUT2D eigenvalue weighted by atomic mass is 32.2. The number of aryl methyl sites for hydroxylation is 1. The summed E-state index contributed by atoms with van der Waals surface area (Å²) in [5, 5.41) is 12.7. The summed E-state index contributed by atoms with van der Waals surface area (Å²) in [5.74, 6) is 2.22. The molecule has 0 unspecified atom stereocenters. The Morgan fingerprint density at radius 1 is 1.17 bits per heavy atom. The zero-order valence-electron chi connectivity index (χ0n) is 13.8. The summed E-state index contributed by atoms with van der Waals surface area (Å²) < 4.78 is 2.07. The van der Waals surface area contributed by atoms with Gasteiger partial charge in [-0.15, -0.1) is 21.5 Å². The van der Waals surface area contributed by atoms with E-state index >= 15 is 0 Å². The van der Waals surface area contributed by atoms with Crippen LogP contribution in [0.4, 0.5) is 0 Å². The molecule has 6 heteroatoms. The van der Waals surface area contributed by atoms with Crippen LogP contribution in [0.2, 0.25) is 0 Å². The summed E-state index contributed by atoms with van der Waals surface area (Å²) in [6.45, 7) is 6.36. The maximum Gasteiger partial charge on any atom is 0.191 e. The Labute approximate surface area is 145 Å². The van der Waals surface area contributed by atoms with Gasteiger partial charge in [-0.05, 0) is 6.92 Å². The minimum Gasteiger partial charge on any atom is -0.309 e. The maximum absolute atomic E-state index is 4.74. The average Bonchev–Trinajstić information content (AvgIpc) is 3.13. The Morgan fingerprint density at radius 2 is 1.91 bits per heavy atom. The first-order valence-electron chi connectivity index (χ1n) is 7.58.